The second-order valence-electron chi connectivity index (χ2n) is 6.50. The average molecular weight is 334 g/mol. The van der Waals surface area contributed by atoms with E-state index in [1.54, 1.807) is 0 Å². The fourth-order valence-electron chi connectivity index (χ4n) is 3.58. The minimum absolute atomic E-state index is 0.00160. The molecule has 1 amide bonds. The van der Waals surface area contributed by atoms with E-state index in [9.17, 15) is 4.79 Å². The van der Waals surface area contributed by atoms with Crippen LogP contribution in [-0.2, 0) is 9.53 Å². The molecule has 4 heteroatoms. The molecular weight excluding hydrogens is 312 g/mol. The number of hydrogen-bond acceptors (Lipinski definition) is 2. The Labute approximate surface area is 147 Å². The van der Waals surface area contributed by atoms with Crippen molar-refractivity contribution in [1.82, 2.24) is 10.3 Å². The summed E-state index contributed by atoms with van der Waals surface area (Å²) in [4.78, 5) is 15.7. The monoisotopic (exact) mass is 334 g/mol. The van der Waals surface area contributed by atoms with Crippen molar-refractivity contribution in [2.45, 2.75) is 24.9 Å². The van der Waals surface area contributed by atoms with Gasteiger partial charge in [-0.3, -0.25) is 4.79 Å². The molecule has 0 unspecified atom stereocenters. The zero-order chi connectivity index (χ0) is 17.1. The Bertz CT molecular complexity index is 850. The van der Waals surface area contributed by atoms with Crippen LogP contribution in [-0.4, -0.2) is 30.1 Å². The van der Waals surface area contributed by atoms with E-state index >= 15 is 0 Å². The maximum Gasteiger partial charge on any atom is 0.249 e. The molecule has 25 heavy (non-hydrogen) atoms. The normalized spacial score (nSPS) is 18.3. The summed E-state index contributed by atoms with van der Waals surface area (Å²) in [5.74, 6) is 0.0981. The third kappa shape index (κ3) is 3.30. The molecule has 1 aliphatic rings. The van der Waals surface area contributed by atoms with E-state index in [0.717, 1.165) is 18.4 Å². The van der Waals surface area contributed by atoms with Gasteiger partial charge >= 0.3 is 0 Å². The summed E-state index contributed by atoms with van der Waals surface area (Å²) in [5, 5.41) is 4.30. The molecule has 2 aromatic carbocycles. The lowest BCUT2D eigenvalue weighted by Crippen LogP contribution is -2.36. The third-order valence-electron chi connectivity index (χ3n) is 4.90. The van der Waals surface area contributed by atoms with Crippen LogP contribution in [0.25, 0.3) is 10.9 Å². The molecule has 0 bridgehead atoms. The molecule has 0 aliphatic carbocycles. The maximum atomic E-state index is 12.4. The van der Waals surface area contributed by atoms with Gasteiger partial charge in [-0.15, -0.1) is 0 Å². The number of fused-ring (bicyclic) bond motifs is 1. The molecule has 4 nitrogen and oxygen atoms in total. The molecule has 1 saturated heterocycles. The van der Waals surface area contributed by atoms with Crippen LogP contribution in [0, 0.1) is 0 Å². The van der Waals surface area contributed by atoms with Gasteiger partial charge in [-0.2, -0.15) is 0 Å². The van der Waals surface area contributed by atoms with Gasteiger partial charge in [0.2, 0.25) is 5.91 Å². The molecule has 0 spiro atoms. The lowest BCUT2D eigenvalue weighted by Gasteiger charge is -2.19. The number of nitrogens with one attached hydrogen (secondary N) is 2. The molecule has 2 heterocycles. The number of rotatable bonds is 5. The largest absolute Gasteiger partial charge is 0.368 e. The minimum atomic E-state index is -0.292. The van der Waals surface area contributed by atoms with Crippen molar-refractivity contribution in [3.8, 4) is 0 Å². The summed E-state index contributed by atoms with van der Waals surface area (Å²) in [6.45, 7) is 1.24. The van der Waals surface area contributed by atoms with Crippen LogP contribution in [0.5, 0.6) is 0 Å². The Hall–Kier alpha value is -2.59. The van der Waals surface area contributed by atoms with E-state index < -0.39 is 0 Å². The number of H-pyrrole nitrogens is 1. The van der Waals surface area contributed by atoms with E-state index in [4.69, 9.17) is 4.74 Å². The second-order valence-corrected chi connectivity index (χ2v) is 6.50. The summed E-state index contributed by atoms with van der Waals surface area (Å²) in [6, 6.07) is 18.6. The third-order valence-corrected chi connectivity index (χ3v) is 4.90. The van der Waals surface area contributed by atoms with Gasteiger partial charge in [0.15, 0.2) is 0 Å². The van der Waals surface area contributed by atoms with Gasteiger partial charge in [-0.05, 0) is 30.0 Å². The smallest absolute Gasteiger partial charge is 0.249 e. The van der Waals surface area contributed by atoms with Crippen LogP contribution in [0.3, 0.4) is 0 Å². The van der Waals surface area contributed by atoms with E-state index in [-0.39, 0.29) is 17.9 Å². The first-order valence-corrected chi connectivity index (χ1v) is 8.83. The zero-order valence-electron chi connectivity index (χ0n) is 14.1. The SMILES string of the molecule is O=C(NC[C@H](c1ccccc1)c1c[nH]c2ccccc12)[C@H]1CCCO1. The fourth-order valence-corrected chi connectivity index (χ4v) is 3.58. The Morgan fingerprint density at radius 3 is 2.76 bits per heavy atom. The summed E-state index contributed by atoms with van der Waals surface area (Å²) >= 11 is 0. The first kappa shape index (κ1) is 15.9. The number of amides is 1. The van der Waals surface area contributed by atoms with Crippen molar-refractivity contribution >= 4 is 16.8 Å². The molecule has 0 saturated carbocycles. The Kier molecular flexibility index (Phi) is 4.53. The standard InChI is InChI=1S/C21H22N2O2/c24-21(20-11-6-12-25-20)23-13-17(15-7-2-1-3-8-15)18-14-22-19-10-5-4-9-16(18)19/h1-5,7-10,14,17,20,22H,6,11-13H2,(H,23,24)/t17-,20-/m1/s1. The number of aromatic nitrogens is 1. The molecule has 2 N–H and O–H groups in total. The minimum Gasteiger partial charge on any atom is -0.368 e. The van der Waals surface area contributed by atoms with Crippen LogP contribution >= 0.6 is 0 Å². The molecule has 2 atom stereocenters. The van der Waals surface area contributed by atoms with Crippen molar-refractivity contribution in [1.29, 1.82) is 0 Å². The van der Waals surface area contributed by atoms with Gasteiger partial charge in [0.05, 0.1) is 0 Å². The summed E-state index contributed by atoms with van der Waals surface area (Å²) in [7, 11) is 0. The number of hydrogen-bond donors (Lipinski definition) is 2. The van der Waals surface area contributed by atoms with Crippen LogP contribution in [0.1, 0.15) is 29.9 Å². The molecule has 1 fully saturated rings. The highest BCUT2D eigenvalue weighted by Gasteiger charge is 2.25. The predicted octanol–water partition coefficient (Wildman–Crippen LogP) is 3.60. The van der Waals surface area contributed by atoms with Crippen molar-refractivity contribution in [2.75, 3.05) is 13.2 Å². The topological polar surface area (TPSA) is 54.1 Å². The van der Waals surface area contributed by atoms with Crippen LogP contribution in [0.15, 0.2) is 60.8 Å². The maximum absolute atomic E-state index is 12.4. The molecule has 1 aromatic heterocycles. The molecule has 3 aromatic rings. The number of aromatic amines is 1. The summed E-state index contributed by atoms with van der Waals surface area (Å²) in [5.41, 5.74) is 3.51. The van der Waals surface area contributed by atoms with E-state index in [1.165, 1.54) is 16.5 Å². The van der Waals surface area contributed by atoms with Crippen LogP contribution in [0.4, 0.5) is 0 Å². The van der Waals surface area contributed by atoms with Crippen molar-refractivity contribution in [3.05, 3.63) is 71.9 Å². The molecular formula is C21H22N2O2. The number of benzene rings is 2. The predicted molar refractivity (Wildman–Crippen MR) is 98.6 cm³/mol. The molecule has 0 radical (unpaired) electrons. The lowest BCUT2D eigenvalue weighted by atomic mass is 9.91. The number of carbonyl (C=O) groups excluding carboxylic acids is 1. The van der Waals surface area contributed by atoms with Gasteiger partial charge < -0.3 is 15.0 Å². The molecule has 1 aliphatic heterocycles. The first-order chi connectivity index (χ1) is 12.3. The number of ether oxygens (including phenoxy) is 1. The summed E-state index contributed by atoms with van der Waals surface area (Å²) < 4.78 is 5.50. The first-order valence-electron chi connectivity index (χ1n) is 8.83. The van der Waals surface area contributed by atoms with E-state index in [1.807, 2.05) is 30.3 Å². The van der Waals surface area contributed by atoms with E-state index in [2.05, 4.69) is 40.8 Å². The van der Waals surface area contributed by atoms with E-state index in [0.29, 0.717) is 13.2 Å². The van der Waals surface area contributed by atoms with Crippen LogP contribution < -0.4 is 5.32 Å². The lowest BCUT2D eigenvalue weighted by molar-refractivity contribution is -0.130. The van der Waals surface area contributed by atoms with Gasteiger partial charge in [0, 0.05) is 36.2 Å². The van der Waals surface area contributed by atoms with Crippen molar-refractivity contribution < 1.29 is 9.53 Å². The Morgan fingerprint density at radius 2 is 1.96 bits per heavy atom. The highest BCUT2D eigenvalue weighted by atomic mass is 16.5. The zero-order valence-corrected chi connectivity index (χ0v) is 14.1. The van der Waals surface area contributed by atoms with Gasteiger partial charge in [0.25, 0.3) is 0 Å². The van der Waals surface area contributed by atoms with Gasteiger partial charge in [-0.25, -0.2) is 0 Å². The quantitative estimate of drug-likeness (QED) is 0.749. The highest BCUT2D eigenvalue weighted by Crippen LogP contribution is 2.30. The Morgan fingerprint density at radius 1 is 1.16 bits per heavy atom. The van der Waals surface area contributed by atoms with Crippen LogP contribution in [0.2, 0.25) is 0 Å². The molecule has 128 valence electrons. The average Bonchev–Trinajstić information content (AvgIpc) is 3.33. The fraction of sp³-hybridized carbons (Fsp3) is 0.286. The van der Waals surface area contributed by atoms with Crippen molar-refractivity contribution in [2.24, 2.45) is 0 Å². The van der Waals surface area contributed by atoms with Crippen molar-refractivity contribution in [3.63, 3.8) is 0 Å². The highest BCUT2D eigenvalue weighted by molar-refractivity contribution is 5.85. The molecule has 4 rings (SSSR count). The number of para-hydroxylation sites is 1. The Balaban J connectivity index is 1.62. The van der Waals surface area contributed by atoms with Gasteiger partial charge in [-0.1, -0.05) is 48.5 Å². The number of carbonyl (C=O) groups is 1. The summed E-state index contributed by atoms with van der Waals surface area (Å²) in [6.07, 6.45) is 3.54. The second kappa shape index (κ2) is 7.11. The van der Waals surface area contributed by atoms with Gasteiger partial charge in [0.1, 0.15) is 6.10 Å².